The number of anilines is 1. The highest BCUT2D eigenvalue weighted by Gasteiger charge is 2.36. The van der Waals surface area contributed by atoms with Crippen LogP contribution in [0.3, 0.4) is 0 Å². The lowest BCUT2D eigenvalue weighted by atomic mass is 10.0. The van der Waals surface area contributed by atoms with Crippen LogP contribution in [0.1, 0.15) is 6.42 Å². The molecule has 1 atom stereocenters. The van der Waals surface area contributed by atoms with Crippen molar-refractivity contribution < 1.29 is 22.8 Å². The molecular weight excluding hydrogens is 293 g/mol. The van der Waals surface area contributed by atoms with Gasteiger partial charge in [0.2, 0.25) is 5.82 Å². The lowest BCUT2D eigenvalue weighted by molar-refractivity contribution is -0.385. The molecule has 10 heteroatoms. The Morgan fingerprint density at radius 2 is 2.14 bits per heavy atom. The van der Waals surface area contributed by atoms with Crippen LogP contribution >= 0.6 is 0 Å². The van der Waals surface area contributed by atoms with Gasteiger partial charge in [0, 0.05) is 12.0 Å². The van der Waals surface area contributed by atoms with Gasteiger partial charge in [-0.25, -0.2) is 4.98 Å². The summed E-state index contributed by atoms with van der Waals surface area (Å²) < 4.78 is 43.0. The lowest BCUT2D eigenvalue weighted by Gasteiger charge is -2.20. The van der Waals surface area contributed by atoms with Gasteiger partial charge >= 0.3 is 11.9 Å². The van der Waals surface area contributed by atoms with Crippen LogP contribution in [0.5, 0.6) is 5.88 Å². The molecule has 1 aliphatic carbocycles. The maximum Gasteiger partial charge on any atom is 0.412 e. The molecule has 1 aromatic rings. The third-order valence-corrected chi connectivity index (χ3v) is 2.67. The smallest absolute Gasteiger partial charge is 0.412 e. The fourth-order valence-corrected chi connectivity index (χ4v) is 1.72. The van der Waals surface area contributed by atoms with Crippen LogP contribution in [0.4, 0.5) is 24.7 Å². The zero-order valence-corrected chi connectivity index (χ0v) is 10.4. The van der Waals surface area contributed by atoms with Gasteiger partial charge in [0.25, 0.3) is 5.88 Å². The summed E-state index contributed by atoms with van der Waals surface area (Å²) in [6.07, 6.45) is -1.61. The van der Waals surface area contributed by atoms with Crippen LogP contribution in [0.15, 0.2) is 30.1 Å². The molecule has 0 saturated heterocycles. The molecular formula is C11H9F3N4O3. The molecule has 0 radical (unpaired) electrons. The molecule has 0 aliphatic heterocycles. The fraction of sp³-hybridized carbons (Fsp3) is 0.273. The van der Waals surface area contributed by atoms with E-state index >= 15 is 0 Å². The highest BCUT2D eigenvalue weighted by atomic mass is 19.4. The van der Waals surface area contributed by atoms with Crippen LogP contribution in [0.25, 0.3) is 0 Å². The van der Waals surface area contributed by atoms with Gasteiger partial charge in [-0.15, -0.1) is 0 Å². The monoisotopic (exact) mass is 302 g/mol. The van der Waals surface area contributed by atoms with Crippen molar-refractivity contribution in [3.63, 3.8) is 0 Å². The standard InChI is InChI=1S/C11H9F3N4O3/c12-11(13,14)6-2-1-3-7(4-6)21-10-8(18(19)20)9(15)16-5-17-10/h1-3,5,7H,4H2,(H2,15,16,17). The molecule has 0 aromatic carbocycles. The Kier molecular flexibility index (Phi) is 3.78. The number of nitrogens with two attached hydrogens (primary N) is 1. The van der Waals surface area contributed by atoms with Crippen molar-refractivity contribution >= 4 is 11.5 Å². The second kappa shape index (κ2) is 5.38. The first-order chi connectivity index (χ1) is 9.79. The zero-order valence-electron chi connectivity index (χ0n) is 10.4. The third kappa shape index (κ3) is 3.27. The SMILES string of the molecule is Nc1ncnc(OC2C=CC=C(C(F)(F)F)C2)c1[N+](=O)[O-]. The molecule has 1 aromatic heterocycles. The third-order valence-electron chi connectivity index (χ3n) is 2.67. The van der Waals surface area contributed by atoms with Gasteiger partial charge in [-0.05, 0) is 6.08 Å². The van der Waals surface area contributed by atoms with E-state index < -0.39 is 46.6 Å². The Bertz CT molecular complexity index is 628. The van der Waals surface area contributed by atoms with E-state index in [4.69, 9.17) is 10.5 Å². The van der Waals surface area contributed by atoms with E-state index in [1.807, 2.05) is 0 Å². The molecule has 0 spiro atoms. The first-order valence-corrected chi connectivity index (χ1v) is 5.65. The Hall–Kier alpha value is -2.65. The fourth-order valence-electron chi connectivity index (χ4n) is 1.72. The van der Waals surface area contributed by atoms with Crippen molar-refractivity contribution in [1.29, 1.82) is 0 Å². The quantitative estimate of drug-likeness (QED) is 0.677. The number of nitro groups is 1. The summed E-state index contributed by atoms with van der Waals surface area (Å²) in [6, 6.07) is 0. The van der Waals surface area contributed by atoms with Gasteiger partial charge in [-0.1, -0.05) is 12.2 Å². The molecule has 0 amide bonds. The predicted octanol–water partition coefficient (Wildman–Crippen LogP) is 2.16. The number of hydrogen-bond donors (Lipinski definition) is 1. The largest absolute Gasteiger partial charge is 0.465 e. The summed E-state index contributed by atoms with van der Waals surface area (Å²) in [4.78, 5) is 17.0. The van der Waals surface area contributed by atoms with Gasteiger partial charge in [-0.3, -0.25) is 10.1 Å². The summed E-state index contributed by atoms with van der Waals surface area (Å²) in [5, 5.41) is 10.9. The molecule has 2 N–H and O–H groups in total. The Morgan fingerprint density at radius 1 is 1.43 bits per heavy atom. The van der Waals surface area contributed by atoms with Gasteiger partial charge in [0.15, 0.2) is 0 Å². The summed E-state index contributed by atoms with van der Waals surface area (Å²) in [7, 11) is 0. The topological polar surface area (TPSA) is 104 Å². The molecule has 2 rings (SSSR count). The second-order valence-corrected chi connectivity index (χ2v) is 4.10. The summed E-state index contributed by atoms with van der Waals surface area (Å²) >= 11 is 0. The minimum Gasteiger partial charge on any atom is -0.465 e. The van der Waals surface area contributed by atoms with Crippen molar-refractivity contribution in [1.82, 2.24) is 9.97 Å². The predicted molar refractivity (Wildman–Crippen MR) is 65.4 cm³/mol. The second-order valence-electron chi connectivity index (χ2n) is 4.10. The van der Waals surface area contributed by atoms with Crippen LogP contribution in [0, 0.1) is 10.1 Å². The molecule has 0 saturated carbocycles. The minimum atomic E-state index is -4.48. The van der Waals surface area contributed by atoms with Crippen molar-refractivity contribution in [3.8, 4) is 5.88 Å². The number of rotatable bonds is 3. The minimum absolute atomic E-state index is 0.420. The van der Waals surface area contributed by atoms with Crippen molar-refractivity contribution in [2.45, 2.75) is 18.7 Å². The van der Waals surface area contributed by atoms with Gasteiger partial charge < -0.3 is 10.5 Å². The molecule has 1 unspecified atom stereocenters. The lowest BCUT2D eigenvalue weighted by Crippen LogP contribution is -2.24. The van der Waals surface area contributed by atoms with E-state index in [0.29, 0.717) is 0 Å². The highest BCUT2D eigenvalue weighted by Crippen LogP contribution is 2.34. The number of ether oxygens (including phenoxy) is 1. The van der Waals surface area contributed by atoms with Crippen LogP contribution in [-0.2, 0) is 0 Å². The Labute approximate surface area is 116 Å². The molecule has 0 fully saturated rings. The number of halogens is 3. The molecule has 112 valence electrons. The summed E-state index contributed by atoms with van der Waals surface area (Å²) in [6.45, 7) is 0. The number of alkyl halides is 3. The number of nitrogen functional groups attached to an aromatic ring is 1. The van der Waals surface area contributed by atoms with E-state index in [-0.39, 0.29) is 0 Å². The molecule has 7 nitrogen and oxygen atoms in total. The maximum absolute atomic E-state index is 12.6. The van der Waals surface area contributed by atoms with E-state index in [1.54, 1.807) is 0 Å². The van der Waals surface area contributed by atoms with Crippen LogP contribution in [-0.4, -0.2) is 27.2 Å². The molecule has 1 aliphatic rings. The Balaban J connectivity index is 2.21. The first-order valence-electron chi connectivity index (χ1n) is 5.65. The van der Waals surface area contributed by atoms with E-state index in [9.17, 15) is 23.3 Å². The number of aromatic nitrogens is 2. The summed E-state index contributed by atoms with van der Waals surface area (Å²) in [5.41, 5.74) is 3.88. The molecule has 0 bridgehead atoms. The average molecular weight is 302 g/mol. The first kappa shape index (κ1) is 14.8. The Morgan fingerprint density at radius 3 is 2.76 bits per heavy atom. The van der Waals surface area contributed by atoms with E-state index in [1.165, 1.54) is 12.2 Å². The number of nitrogens with zero attached hydrogens (tertiary/aromatic N) is 3. The molecule has 1 heterocycles. The van der Waals surface area contributed by atoms with Crippen molar-refractivity contribution in [2.24, 2.45) is 0 Å². The van der Waals surface area contributed by atoms with Gasteiger partial charge in [0.05, 0.1) is 4.92 Å². The average Bonchev–Trinajstić information content (AvgIpc) is 2.37. The summed E-state index contributed by atoms with van der Waals surface area (Å²) in [5.74, 6) is -0.887. The van der Waals surface area contributed by atoms with Crippen LogP contribution in [0.2, 0.25) is 0 Å². The van der Waals surface area contributed by atoms with Gasteiger partial charge in [-0.2, -0.15) is 18.2 Å². The van der Waals surface area contributed by atoms with E-state index in [0.717, 1.165) is 12.4 Å². The van der Waals surface area contributed by atoms with Crippen molar-refractivity contribution in [3.05, 3.63) is 40.2 Å². The van der Waals surface area contributed by atoms with Gasteiger partial charge in [0.1, 0.15) is 12.4 Å². The van der Waals surface area contributed by atoms with Crippen LogP contribution < -0.4 is 10.5 Å². The van der Waals surface area contributed by atoms with E-state index in [2.05, 4.69) is 9.97 Å². The van der Waals surface area contributed by atoms with Crippen molar-refractivity contribution in [2.75, 3.05) is 5.73 Å². The maximum atomic E-state index is 12.6. The number of allylic oxidation sites excluding steroid dienone is 2. The molecule has 21 heavy (non-hydrogen) atoms. The number of hydrogen-bond acceptors (Lipinski definition) is 6. The zero-order chi connectivity index (χ0) is 15.6. The highest BCUT2D eigenvalue weighted by molar-refractivity contribution is 5.58. The normalized spacial score (nSPS) is 18.2.